The maximum atomic E-state index is 11.0. The Morgan fingerprint density at radius 3 is 2.89 bits per heavy atom. The van der Waals surface area contributed by atoms with Crippen LogP contribution in [0.15, 0.2) is 24.3 Å². The zero-order chi connectivity index (χ0) is 13.4. The zero-order valence-corrected chi connectivity index (χ0v) is 11.2. The molecule has 0 spiro atoms. The molecule has 1 rings (SSSR count). The molecule has 100 valence electrons. The Morgan fingerprint density at radius 2 is 2.22 bits per heavy atom. The Hall–Kier alpha value is -1.55. The molecule has 0 aliphatic carbocycles. The molecule has 0 fully saturated rings. The van der Waals surface area contributed by atoms with Crippen LogP contribution in [-0.4, -0.2) is 26.2 Å². The highest BCUT2D eigenvalue weighted by atomic mass is 16.6. The van der Waals surface area contributed by atoms with Crippen molar-refractivity contribution in [2.24, 2.45) is 0 Å². The zero-order valence-electron chi connectivity index (χ0n) is 11.2. The second-order valence-corrected chi connectivity index (χ2v) is 4.11. The standard InChI is InChI=1S/C14H21NO3/c1-4-8-15-11(2)12-6-5-7-13(9-12)18-10-14(16)17-3/h5-7,9,11,15H,4,8,10H2,1-3H3. The second-order valence-electron chi connectivity index (χ2n) is 4.11. The first kappa shape index (κ1) is 14.5. The van der Waals surface area contributed by atoms with Crippen LogP contribution < -0.4 is 10.1 Å². The summed E-state index contributed by atoms with van der Waals surface area (Å²) in [7, 11) is 1.35. The minimum Gasteiger partial charge on any atom is -0.482 e. The number of esters is 1. The highest BCUT2D eigenvalue weighted by Crippen LogP contribution is 2.19. The van der Waals surface area contributed by atoms with Gasteiger partial charge in [-0.25, -0.2) is 4.79 Å². The number of hydrogen-bond acceptors (Lipinski definition) is 4. The van der Waals surface area contributed by atoms with E-state index in [1.54, 1.807) is 0 Å². The number of carbonyl (C=O) groups excluding carboxylic acids is 1. The highest BCUT2D eigenvalue weighted by Gasteiger charge is 2.06. The maximum Gasteiger partial charge on any atom is 0.343 e. The van der Waals surface area contributed by atoms with Crippen LogP contribution in [0, 0.1) is 0 Å². The number of ether oxygens (including phenoxy) is 2. The normalized spacial score (nSPS) is 11.9. The van der Waals surface area contributed by atoms with Crippen LogP contribution in [0.25, 0.3) is 0 Å². The second kappa shape index (κ2) is 7.71. The highest BCUT2D eigenvalue weighted by molar-refractivity contribution is 5.70. The molecular weight excluding hydrogens is 230 g/mol. The van der Waals surface area contributed by atoms with Crippen molar-refractivity contribution >= 4 is 5.97 Å². The first-order valence-electron chi connectivity index (χ1n) is 6.20. The predicted octanol–water partition coefficient (Wildman–Crippen LogP) is 2.30. The molecule has 0 saturated carbocycles. The molecule has 4 nitrogen and oxygen atoms in total. The number of nitrogens with one attached hydrogen (secondary N) is 1. The maximum absolute atomic E-state index is 11.0. The average molecular weight is 251 g/mol. The lowest BCUT2D eigenvalue weighted by Crippen LogP contribution is -2.19. The van der Waals surface area contributed by atoms with Crippen molar-refractivity contribution in [1.29, 1.82) is 0 Å². The van der Waals surface area contributed by atoms with Crippen molar-refractivity contribution in [3.05, 3.63) is 29.8 Å². The van der Waals surface area contributed by atoms with Gasteiger partial charge in [0.2, 0.25) is 0 Å². The molecule has 0 amide bonds. The molecule has 0 saturated heterocycles. The van der Waals surface area contributed by atoms with Gasteiger partial charge in [-0.2, -0.15) is 0 Å². The Morgan fingerprint density at radius 1 is 1.44 bits per heavy atom. The van der Waals surface area contributed by atoms with Gasteiger partial charge in [0.15, 0.2) is 6.61 Å². The molecule has 0 aliphatic heterocycles. The Bertz CT molecular complexity index is 379. The minimum absolute atomic E-state index is 0.0588. The summed E-state index contributed by atoms with van der Waals surface area (Å²) in [6.45, 7) is 5.16. The van der Waals surface area contributed by atoms with E-state index in [2.05, 4.69) is 23.9 Å². The van der Waals surface area contributed by atoms with Crippen LogP contribution in [0.3, 0.4) is 0 Å². The average Bonchev–Trinajstić information content (AvgIpc) is 2.42. The van der Waals surface area contributed by atoms with Gasteiger partial charge in [-0.15, -0.1) is 0 Å². The van der Waals surface area contributed by atoms with Crippen molar-refractivity contribution < 1.29 is 14.3 Å². The summed E-state index contributed by atoms with van der Waals surface area (Å²) in [5.41, 5.74) is 1.14. The molecule has 1 aromatic rings. The quantitative estimate of drug-likeness (QED) is 0.755. The fourth-order valence-corrected chi connectivity index (χ4v) is 1.55. The van der Waals surface area contributed by atoms with E-state index in [9.17, 15) is 4.79 Å². The van der Waals surface area contributed by atoms with E-state index < -0.39 is 0 Å². The van der Waals surface area contributed by atoms with Crippen molar-refractivity contribution in [2.45, 2.75) is 26.3 Å². The topological polar surface area (TPSA) is 47.6 Å². The summed E-state index contributed by atoms with van der Waals surface area (Å²) in [5.74, 6) is 0.306. The molecule has 1 aromatic carbocycles. The van der Waals surface area contributed by atoms with Crippen LogP contribution >= 0.6 is 0 Å². The number of benzene rings is 1. The molecule has 0 aliphatic rings. The summed E-state index contributed by atoms with van der Waals surface area (Å²) in [6, 6.07) is 8.01. The summed E-state index contributed by atoms with van der Waals surface area (Å²) in [4.78, 5) is 11.0. The number of hydrogen-bond donors (Lipinski definition) is 1. The van der Waals surface area contributed by atoms with Gasteiger partial charge in [-0.05, 0) is 37.6 Å². The minimum atomic E-state index is -0.377. The fourth-order valence-electron chi connectivity index (χ4n) is 1.55. The van der Waals surface area contributed by atoms with Crippen molar-refractivity contribution in [1.82, 2.24) is 5.32 Å². The number of rotatable bonds is 7. The van der Waals surface area contributed by atoms with Gasteiger partial charge in [0, 0.05) is 6.04 Å². The number of methoxy groups -OCH3 is 1. The van der Waals surface area contributed by atoms with Crippen molar-refractivity contribution in [3.8, 4) is 5.75 Å². The molecule has 0 radical (unpaired) electrons. The lowest BCUT2D eigenvalue weighted by molar-refractivity contribution is -0.142. The van der Waals surface area contributed by atoms with Gasteiger partial charge in [0.25, 0.3) is 0 Å². The fraction of sp³-hybridized carbons (Fsp3) is 0.500. The first-order valence-corrected chi connectivity index (χ1v) is 6.20. The first-order chi connectivity index (χ1) is 8.67. The monoisotopic (exact) mass is 251 g/mol. The van der Waals surface area contributed by atoms with Gasteiger partial charge in [0.1, 0.15) is 5.75 Å². The molecule has 18 heavy (non-hydrogen) atoms. The lowest BCUT2D eigenvalue weighted by atomic mass is 10.1. The molecule has 1 N–H and O–H groups in total. The third kappa shape index (κ3) is 4.75. The summed E-state index contributed by atoms with van der Waals surface area (Å²) < 4.78 is 9.88. The van der Waals surface area contributed by atoms with E-state index in [4.69, 9.17) is 4.74 Å². The third-order valence-electron chi connectivity index (χ3n) is 2.64. The Balaban J connectivity index is 2.58. The summed E-state index contributed by atoms with van der Waals surface area (Å²) >= 11 is 0. The van der Waals surface area contributed by atoms with Gasteiger partial charge < -0.3 is 14.8 Å². The third-order valence-corrected chi connectivity index (χ3v) is 2.64. The Labute approximate surface area is 108 Å². The molecule has 1 atom stereocenters. The molecule has 1 unspecified atom stereocenters. The van der Waals surface area contributed by atoms with Crippen LogP contribution in [0.2, 0.25) is 0 Å². The van der Waals surface area contributed by atoms with Crippen molar-refractivity contribution in [2.75, 3.05) is 20.3 Å². The van der Waals surface area contributed by atoms with E-state index in [1.807, 2.05) is 24.3 Å². The van der Waals surface area contributed by atoms with E-state index in [1.165, 1.54) is 7.11 Å². The Kier molecular flexibility index (Phi) is 6.22. The molecular formula is C14H21NO3. The molecule has 0 bridgehead atoms. The van der Waals surface area contributed by atoms with Crippen LogP contribution in [-0.2, 0) is 9.53 Å². The van der Waals surface area contributed by atoms with Gasteiger partial charge >= 0.3 is 5.97 Å². The largest absolute Gasteiger partial charge is 0.482 e. The van der Waals surface area contributed by atoms with Gasteiger partial charge in [-0.1, -0.05) is 19.1 Å². The van der Waals surface area contributed by atoms with Gasteiger partial charge in [0.05, 0.1) is 7.11 Å². The molecule has 4 heteroatoms. The van der Waals surface area contributed by atoms with E-state index in [0.29, 0.717) is 5.75 Å². The van der Waals surface area contributed by atoms with Gasteiger partial charge in [-0.3, -0.25) is 0 Å². The number of carbonyl (C=O) groups is 1. The molecule has 0 aromatic heterocycles. The smallest absolute Gasteiger partial charge is 0.343 e. The SMILES string of the molecule is CCCNC(C)c1cccc(OCC(=O)OC)c1. The van der Waals surface area contributed by atoms with E-state index in [0.717, 1.165) is 18.5 Å². The van der Waals surface area contributed by atoms with Crippen LogP contribution in [0.1, 0.15) is 31.9 Å². The van der Waals surface area contributed by atoms with Crippen LogP contribution in [0.5, 0.6) is 5.75 Å². The summed E-state index contributed by atoms with van der Waals surface area (Å²) in [6.07, 6.45) is 1.10. The van der Waals surface area contributed by atoms with E-state index >= 15 is 0 Å². The predicted molar refractivity (Wildman–Crippen MR) is 70.7 cm³/mol. The van der Waals surface area contributed by atoms with E-state index in [-0.39, 0.29) is 18.6 Å². The molecule has 0 heterocycles. The lowest BCUT2D eigenvalue weighted by Gasteiger charge is -2.14. The van der Waals surface area contributed by atoms with Crippen molar-refractivity contribution in [3.63, 3.8) is 0 Å². The summed E-state index contributed by atoms with van der Waals surface area (Å²) in [5, 5.41) is 3.40. The van der Waals surface area contributed by atoms with Crippen LogP contribution in [0.4, 0.5) is 0 Å².